The zero-order chi connectivity index (χ0) is 19.2. The summed E-state index contributed by atoms with van der Waals surface area (Å²) in [6, 6.07) is 5.33. The van der Waals surface area contributed by atoms with E-state index in [2.05, 4.69) is 34.8 Å². The molecule has 2 N–H and O–H groups in total. The maximum atomic E-state index is 12.5. The SMILES string of the molecule is CC(C)CCNC(=O)NCCn1nnc2cc(C(=O)N3CCCC3)ccc21. The van der Waals surface area contributed by atoms with Crippen LogP contribution in [0.25, 0.3) is 11.0 Å². The number of carbonyl (C=O) groups excluding carboxylic acids is 2. The van der Waals surface area contributed by atoms with Gasteiger partial charge in [0.1, 0.15) is 5.52 Å². The van der Waals surface area contributed by atoms with Crippen LogP contribution in [-0.2, 0) is 6.54 Å². The Kier molecular flexibility index (Phi) is 6.26. The molecule has 1 saturated heterocycles. The zero-order valence-electron chi connectivity index (χ0n) is 16.1. The number of rotatable bonds is 7. The van der Waals surface area contributed by atoms with Crippen LogP contribution < -0.4 is 10.6 Å². The summed E-state index contributed by atoms with van der Waals surface area (Å²) in [5.74, 6) is 0.623. The number of hydrogen-bond donors (Lipinski definition) is 2. The van der Waals surface area contributed by atoms with Crippen LogP contribution >= 0.6 is 0 Å². The molecule has 0 spiro atoms. The molecular weight excluding hydrogens is 344 g/mol. The van der Waals surface area contributed by atoms with Gasteiger partial charge in [-0.25, -0.2) is 9.48 Å². The monoisotopic (exact) mass is 372 g/mol. The molecule has 8 heteroatoms. The average Bonchev–Trinajstić information content (AvgIpc) is 3.30. The highest BCUT2D eigenvalue weighted by molar-refractivity contribution is 5.97. The Morgan fingerprint density at radius 3 is 2.63 bits per heavy atom. The highest BCUT2D eigenvalue weighted by Crippen LogP contribution is 2.17. The minimum atomic E-state index is -0.168. The molecule has 0 atom stereocenters. The van der Waals surface area contributed by atoms with E-state index in [0.29, 0.717) is 36.6 Å². The first-order valence-electron chi connectivity index (χ1n) is 9.69. The van der Waals surface area contributed by atoms with Crippen molar-refractivity contribution in [2.45, 2.75) is 39.7 Å². The lowest BCUT2D eigenvalue weighted by Crippen LogP contribution is -2.38. The van der Waals surface area contributed by atoms with Crippen LogP contribution in [0, 0.1) is 5.92 Å². The lowest BCUT2D eigenvalue weighted by molar-refractivity contribution is 0.0793. The molecule has 1 aliphatic heterocycles. The molecule has 2 aromatic rings. The van der Waals surface area contributed by atoms with Gasteiger partial charge in [0.25, 0.3) is 5.91 Å². The van der Waals surface area contributed by atoms with Crippen LogP contribution in [0.5, 0.6) is 0 Å². The molecule has 1 aliphatic rings. The maximum absolute atomic E-state index is 12.5. The number of hydrogen-bond acceptors (Lipinski definition) is 4. The fourth-order valence-corrected chi connectivity index (χ4v) is 3.19. The van der Waals surface area contributed by atoms with Crippen LogP contribution in [0.15, 0.2) is 18.2 Å². The molecule has 3 rings (SSSR count). The minimum Gasteiger partial charge on any atom is -0.339 e. The first-order chi connectivity index (χ1) is 13.0. The van der Waals surface area contributed by atoms with Gasteiger partial charge in [-0.1, -0.05) is 19.1 Å². The predicted molar refractivity (Wildman–Crippen MR) is 104 cm³/mol. The second-order valence-corrected chi connectivity index (χ2v) is 7.38. The molecule has 2 heterocycles. The van der Waals surface area contributed by atoms with Crippen molar-refractivity contribution in [3.8, 4) is 0 Å². The Morgan fingerprint density at radius 1 is 1.15 bits per heavy atom. The third-order valence-electron chi connectivity index (χ3n) is 4.77. The second-order valence-electron chi connectivity index (χ2n) is 7.38. The minimum absolute atomic E-state index is 0.0590. The van der Waals surface area contributed by atoms with Crippen molar-refractivity contribution in [2.75, 3.05) is 26.2 Å². The van der Waals surface area contributed by atoms with Crippen molar-refractivity contribution in [2.24, 2.45) is 5.92 Å². The van der Waals surface area contributed by atoms with E-state index < -0.39 is 0 Å². The predicted octanol–water partition coefficient (Wildman–Crippen LogP) is 2.01. The Morgan fingerprint density at radius 2 is 1.89 bits per heavy atom. The van der Waals surface area contributed by atoms with Crippen LogP contribution in [-0.4, -0.2) is 58.0 Å². The van der Waals surface area contributed by atoms with Gasteiger partial charge in [0.2, 0.25) is 0 Å². The smallest absolute Gasteiger partial charge is 0.314 e. The zero-order valence-corrected chi connectivity index (χ0v) is 16.1. The van der Waals surface area contributed by atoms with Crippen LogP contribution in [0.2, 0.25) is 0 Å². The Labute approximate surface area is 159 Å². The number of urea groups is 1. The van der Waals surface area contributed by atoms with Crippen molar-refractivity contribution >= 4 is 23.0 Å². The quantitative estimate of drug-likeness (QED) is 0.778. The summed E-state index contributed by atoms with van der Waals surface area (Å²) < 4.78 is 1.74. The molecular formula is C19H28N6O2. The summed E-state index contributed by atoms with van der Waals surface area (Å²) in [6.07, 6.45) is 3.10. The Bertz CT molecular complexity index is 795. The van der Waals surface area contributed by atoms with Crippen molar-refractivity contribution in [1.29, 1.82) is 0 Å². The highest BCUT2D eigenvalue weighted by atomic mass is 16.2. The standard InChI is InChI=1S/C19H28N6O2/c1-14(2)7-8-20-19(27)21-9-12-25-17-6-5-15(13-16(17)22-23-25)18(26)24-10-3-4-11-24/h5-6,13-14H,3-4,7-12H2,1-2H3,(H2,20,21,27). The normalized spacial score (nSPS) is 14.1. The summed E-state index contributed by atoms with van der Waals surface area (Å²) in [5.41, 5.74) is 2.20. The van der Waals surface area contributed by atoms with Crippen LogP contribution in [0.1, 0.15) is 43.5 Å². The molecule has 27 heavy (non-hydrogen) atoms. The average molecular weight is 372 g/mol. The molecule has 0 saturated carbocycles. The lowest BCUT2D eigenvalue weighted by atomic mass is 10.1. The number of fused-ring (bicyclic) bond motifs is 1. The van der Waals surface area contributed by atoms with Crippen LogP contribution in [0.3, 0.4) is 0 Å². The van der Waals surface area contributed by atoms with Gasteiger partial charge in [0.15, 0.2) is 0 Å². The van der Waals surface area contributed by atoms with E-state index in [-0.39, 0.29) is 11.9 Å². The number of likely N-dealkylation sites (tertiary alicyclic amines) is 1. The van der Waals surface area contributed by atoms with E-state index in [9.17, 15) is 9.59 Å². The van der Waals surface area contributed by atoms with Crippen molar-refractivity contribution < 1.29 is 9.59 Å². The summed E-state index contributed by atoms with van der Waals surface area (Å²) in [6.45, 7) is 7.56. The summed E-state index contributed by atoms with van der Waals surface area (Å²) in [4.78, 5) is 26.1. The molecule has 1 aromatic carbocycles. The van der Waals surface area contributed by atoms with Gasteiger partial charge >= 0.3 is 6.03 Å². The fourth-order valence-electron chi connectivity index (χ4n) is 3.19. The van der Waals surface area contributed by atoms with Gasteiger partial charge in [-0.3, -0.25) is 4.79 Å². The van der Waals surface area contributed by atoms with Gasteiger partial charge in [0, 0.05) is 31.7 Å². The summed E-state index contributed by atoms with van der Waals surface area (Å²) in [7, 11) is 0. The number of nitrogens with one attached hydrogen (secondary N) is 2. The van der Waals surface area contributed by atoms with E-state index in [4.69, 9.17) is 0 Å². The Hall–Kier alpha value is -2.64. The van der Waals surface area contributed by atoms with Gasteiger partial charge in [0.05, 0.1) is 12.1 Å². The summed E-state index contributed by atoms with van der Waals surface area (Å²) in [5, 5.41) is 14.0. The highest BCUT2D eigenvalue weighted by Gasteiger charge is 2.20. The lowest BCUT2D eigenvalue weighted by Gasteiger charge is -2.14. The van der Waals surface area contributed by atoms with Crippen LogP contribution in [0.4, 0.5) is 4.79 Å². The van der Waals surface area contributed by atoms with Crippen molar-refractivity contribution in [3.63, 3.8) is 0 Å². The Balaban J connectivity index is 1.53. The summed E-state index contributed by atoms with van der Waals surface area (Å²) >= 11 is 0. The van der Waals surface area contributed by atoms with Gasteiger partial charge < -0.3 is 15.5 Å². The second kappa shape index (κ2) is 8.83. The molecule has 0 bridgehead atoms. The van der Waals surface area contributed by atoms with E-state index in [1.54, 1.807) is 10.7 Å². The fraction of sp³-hybridized carbons (Fsp3) is 0.579. The number of amides is 3. The largest absolute Gasteiger partial charge is 0.339 e. The van der Waals surface area contributed by atoms with E-state index in [1.165, 1.54) is 0 Å². The third-order valence-corrected chi connectivity index (χ3v) is 4.77. The van der Waals surface area contributed by atoms with Crippen molar-refractivity contribution in [3.05, 3.63) is 23.8 Å². The maximum Gasteiger partial charge on any atom is 0.314 e. The van der Waals surface area contributed by atoms with Crippen molar-refractivity contribution in [1.82, 2.24) is 30.5 Å². The number of benzene rings is 1. The first kappa shape index (κ1) is 19.1. The number of nitrogens with zero attached hydrogens (tertiary/aromatic N) is 4. The molecule has 0 aliphatic carbocycles. The molecule has 0 unspecified atom stereocenters. The number of aromatic nitrogens is 3. The van der Waals surface area contributed by atoms with E-state index in [0.717, 1.165) is 37.9 Å². The number of carbonyl (C=O) groups is 2. The third kappa shape index (κ3) is 4.96. The topological polar surface area (TPSA) is 92.1 Å². The molecule has 1 aromatic heterocycles. The molecule has 0 radical (unpaired) electrons. The molecule has 8 nitrogen and oxygen atoms in total. The van der Waals surface area contributed by atoms with Gasteiger partial charge in [-0.05, 0) is 43.4 Å². The first-order valence-corrected chi connectivity index (χ1v) is 9.69. The van der Waals surface area contributed by atoms with Gasteiger partial charge in [-0.15, -0.1) is 5.10 Å². The van der Waals surface area contributed by atoms with E-state index >= 15 is 0 Å². The molecule has 146 valence electrons. The molecule has 1 fully saturated rings. The van der Waals surface area contributed by atoms with E-state index in [1.807, 2.05) is 17.0 Å². The molecule has 3 amide bonds. The van der Waals surface area contributed by atoms with Gasteiger partial charge in [-0.2, -0.15) is 0 Å².